The SMILES string of the molecule is CC(C)c1ccccc1[C@H]1CCCN1C1CC2(CCN(c3ccc(C(=O)NS(=O)(=O)c4cc5c(c([N+](=O)[O-])c4)O[C@@H](C[C@H]4CC[C@](C)(O)CC4)CN5)c(Oc4cnc5[nH]ccc5c4)c3)CC2)C1. The number of nitrogens with zero attached hydrogens (tertiary/aromatic N) is 4. The minimum atomic E-state index is -4.64. The molecule has 0 radical (unpaired) electrons. The van der Waals surface area contributed by atoms with E-state index in [9.17, 15) is 28.4 Å². The lowest BCUT2D eigenvalue weighted by Gasteiger charge is -2.56. The Hall–Kier alpha value is -5.71. The number of fused-ring (bicyclic) bond motifs is 2. The number of pyridine rings is 1. The number of rotatable bonds is 12. The van der Waals surface area contributed by atoms with Gasteiger partial charge in [0, 0.05) is 54.6 Å². The van der Waals surface area contributed by atoms with Gasteiger partial charge in [0.25, 0.3) is 15.9 Å². The molecule has 0 unspecified atom stereocenters. The first kappa shape index (κ1) is 45.1. The van der Waals surface area contributed by atoms with Crippen LogP contribution in [0.25, 0.3) is 11.0 Å². The number of likely N-dealkylation sites (tertiary alicyclic amines) is 1. The molecular formula is C51H61N7O8S. The van der Waals surface area contributed by atoms with Gasteiger partial charge in [0.2, 0.25) is 5.75 Å². The van der Waals surface area contributed by atoms with Crippen LogP contribution in [0.2, 0.25) is 0 Å². The van der Waals surface area contributed by atoms with Crippen molar-refractivity contribution in [2.24, 2.45) is 11.3 Å². The largest absolute Gasteiger partial charge is 0.480 e. The Bertz CT molecular complexity index is 2780. The summed E-state index contributed by atoms with van der Waals surface area (Å²) in [6, 6.07) is 21.1. The van der Waals surface area contributed by atoms with Crippen molar-refractivity contribution < 1.29 is 32.7 Å². The third-order valence-corrected chi connectivity index (χ3v) is 16.8. The van der Waals surface area contributed by atoms with Gasteiger partial charge in [-0.25, -0.2) is 18.1 Å². The number of aromatic nitrogens is 2. The summed E-state index contributed by atoms with van der Waals surface area (Å²) in [6.45, 7) is 9.54. The van der Waals surface area contributed by atoms with Crippen molar-refractivity contribution in [1.29, 1.82) is 0 Å². The second-order valence-corrected chi connectivity index (χ2v) is 22.1. The van der Waals surface area contributed by atoms with E-state index in [1.54, 1.807) is 30.6 Å². The molecule has 4 N–H and O–H groups in total. The zero-order chi connectivity index (χ0) is 46.7. The number of sulfonamides is 1. The van der Waals surface area contributed by atoms with Crippen LogP contribution in [0.5, 0.6) is 17.2 Å². The Kier molecular flexibility index (Phi) is 11.9. The normalized spacial score (nSPS) is 24.2. The van der Waals surface area contributed by atoms with Gasteiger partial charge < -0.3 is 29.8 Å². The van der Waals surface area contributed by atoms with Crippen molar-refractivity contribution in [1.82, 2.24) is 19.6 Å². The van der Waals surface area contributed by atoms with Crippen LogP contribution >= 0.6 is 0 Å². The molecule has 0 bridgehead atoms. The number of piperidine rings is 1. The van der Waals surface area contributed by atoms with Gasteiger partial charge in [-0.15, -0.1) is 0 Å². The third-order valence-electron chi connectivity index (χ3n) is 15.4. The predicted octanol–water partition coefficient (Wildman–Crippen LogP) is 9.60. The van der Waals surface area contributed by atoms with Crippen LogP contribution in [-0.4, -0.2) is 83.1 Å². The highest BCUT2D eigenvalue weighted by molar-refractivity contribution is 7.90. The van der Waals surface area contributed by atoms with Crippen LogP contribution in [0.15, 0.2) is 84.0 Å². The number of carbonyl (C=O) groups excluding carboxylic acids is 1. The van der Waals surface area contributed by atoms with Crippen molar-refractivity contribution in [2.45, 2.75) is 126 Å². The first-order chi connectivity index (χ1) is 32.1. The molecule has 2 aliphatic carbocycles. The van der Waals surface area contributed by atoms with Crippen LogP contribution in [-0.2, 0) is 10.0 Å². The van der Waals surface area contributed by atoms with E-state index in [2.05, 4.69) is 67.9 Å². The number of hydrogen-bond acceptors (Lipinski definition) is 12. The molecule has 2 atom stereocenters. The first-order valence-electron chi connectivity index (χ1n) is 24.0. The second kappa shape index (κ2) is 17.7. The van der Waals surface area contributed by atoms with Gasteiger partial charge in [-0.1, -0.05) is 38.1 Å². The Labute approximate surface area is 391 Å². The van der Waals surface area contributed by atoms with Crippen LogP contribution in [0.1, 0.15) is 125 Å². The van der Waals surface area contributed by atoms with E-state index >= 15 is 0 Å². The maximum absolute atomic E-state index is 14.1. The number of benzene rings is 3. The van der Waals surface area contributed by atoms with Crippen molar-refractivity contribution >= 4 is 44.0 Å². The smallest absolute Gasteiger partial charge is 0.314 e. The van der Waals surface area contributed by atoms with Crippen LogP contribution in [0.3, 0.4) is 0 Å². The molecular weight excluding hydrogens is 871 g/mol. The lowest BCUT2D eigenvalue weighted by molar-refractivity contribution is -0.386. The highest BCUT2D eigenvalue weighted by Crippen LogP contribution is 2.54. The average molecular weight is 932 g/mol. The molecule has 1 amide bonds. The van der Waals surface area contributed by atoms with Crippen molar-refractivity contribution in [3.05, 3.63) is 106 Å². The first-order valence-corrected chi connectivity index (χ1v) is 25.5. The summed E-state index contributed by atoms with van der Waals surface area (Å²) in [5.41, 5.74) is 3.68. The van der Waals surface area contributed by atoms with Gasteiger partial charge in [0.15, 0.2) is 0 Å². The van der Waals surface area contributed by atoms with E-state index in [1.807, 2.05) is 19.1 Å². The summed E-state index contributed by atoms with van der Waals surface area (Å²) < 4.78 is 42.7. The van der Waals surface area contributed by atoms with Crippen LogP contribution < -0.4 is 24.4 Å². The summed E-state index contributed by atoms with van der Waals surface area (Å²) in [4.78, 5) is 38.0. The van der Waals surface area contributed by atoms with Crippen LogP contribution in [0.4, 0.5) is 17.1 Å². The zero-order valence-electron chi connectivity index (χ0n) is 38.5. The summed E-state index contributed by atoms with van der Waals surface area (Å²) in [7, 11) is -4.64. The molecule has 67 heavy (non-hydrogen) atoms. The minimum Gasteiger partial charge on any atom is -0.480 e. The highest BCUT2D eigenvalue weighted by Gasteiger charge is 2.50. The molecule has 10 rings (SSSR count). The Morgan fingerprint density at radius 2 is 1.81 bits per heavy atom. The molecule has 3 aromatic carbocycles. The van der Waals surface area contributed by atoms with Gasteiger partial charge in [-0.05, 0) is 143 Å². The van der Waals surface area contributed by atoms with E-state index in [-0.39, 0.29) is 34.8 Å². The van der Waals surface area contributed by atoms with Crippen LogP contribution in [0, 0.1) is 21.4 Å². The van der Waals surface area contributed by atoms with E-state index in [0.717, 1.165) is 62.5 Å². The van der Waals surface area contributed by atoms with Gasteiger partial charge in [0.1, 0.15) is 23.3 Å². The number of ether oxygens (including phenoxy) is 2. The fourth-order valence-electron chi connectivity index (χ4n) is 11.6. The van der Waals surface area contributed by atoms with Gasteiger partial charge in [0.05, 0.1) is 39.4 Å². The molecule has 2 saturated heterocycles. The highest BCUT2D eigenvalue weighted by atomic mass is 32.2. The topological polar surface area (TPSA) is 192 Å². The number of nitro benzene ring substituents is 1. The summed E-state index contributed by atoms with van der Waals surface area (Å²) in [6.07, 6.45) is 13.5. The van der Waals surface area contributed by atoms with Gasteiger partial charge in [-0.2, -0.15) is 0 Å². The molecule has 2 aromatic heterocycles. The van der Waals surface area contributed by atoms with Gasteiger partial charge in [-0.3, -0.25) is 19.8 Å². The number of amides is 1. The zero-order valence-corrected chi connectivity index (χ0v) is 39.3. The molecule has 5 aliphatic rings. The third kappa shape index (κ3) is 9.19. The second-order valence-electron chi connectivity index (χ2n) is 20.4. The monoisotopic (exact) mass is 931 g/mol. The van der Waals surface area contributed by atoms with Crippen molar-refractivity contribution in [3.63, 3.8) is 0 Å². The predicted molar refractivity (Wildman–Crippen MR) is 257 cm³/mol. The maximum atomic E-state index is 14.1. The number of anilines is 2. The molecule has 15 nitrogen and oxygen atoms in total. The fraction of sp³-hybridized carbons (Fsp3) is 0.490. The fourth-order valence-corrected chi connectivity index (χ4v) is 12.7. The number of hydrogen-bond donors (Lipinski definition) is 4. The number of nitro groups is 1. The number of aromatic amines is 1. The van der Waals surface area contributed by atoms with Gasteiger partial charge >= 0.3 is 5.69 Å². The summed E-state index contributed by atoms with van der Waals surface area (Å²) in [5.74, 6) is 0.288. The Balaban J connectivity index is 0.845. The molecule has 16 heteroatoms. The van der Waals surface area contributed by atoms with E-state index in [0.29, 0.717) is 60.6 Å². The quantitative estimate of drug-likeness (QED) is 0.0685. The molecule has 354 valence electrons. The number of nitrogens with one attached hydrogen (secondary N) is 3. The van der Waals surface area contributed by atoms with E-state index < -0.39 is 37.0 Å². The molecule has 4 fully saturated rings. The summed E-state index contributed by atoms with van der Waals surface area (Å²) >= 11 is 0. The number of aliphatic hydroxyl groups is 1. The Morgan fingerprint density at radius 1 is 1.03 bits per heavy atom. The molecule has 2 saturated carbocycles. The number of carbonyl (C=O) groups is 1. The van der Waals surface area contributed by atoms with Crippen molar-refractivity contribution in [3.8, 4) is 17.2 Å². The average Bonchev–Trinajstić information content (AvgIpc) is 3.98. The number of H-pyrrole nitrogens is 1. The van der Waals surface area contributed by atoms with E-state index in [4.69, 9.17) is 9.47 Å². The molecule has 1 spiro atoms. The summed E-state index contributed by atoms with van der Waals surface area (Å²) in [5, 5.41) is 26.7. The Morgan fingerprint density at radius 3 is 2.57 bits per heavy atom. The maximum Gasteiger partial charge on any atom is 0.314 e. The lowest BCUT2D eigenvalue weighted by atomic mass is 9.59. The molecule has 5 heterocycles. The standard InChI is InChI=1S/C51H61N7O8S/c1-32(2)40-7-4-5-8-41(40)44-9-6-20-57(44)36-28-51(29-36)17-21-56(22-18-51)35-10-11-42(46(25-35)65-38-24-34-14-19-52-48(34)54-31-38)49(59)55-67(63,64)39-26-43-47(45(27-39)58(61)62)66-37(30-53-43)23-33-12-15-50(3,60)16-13-33/h4-5,7-8,10-11,14,19,24-27,31-33,36-37,44,53,60H,6,9,12-13,15-18,20-23,28-30H2,1-3H3,(H,52,54)(H,55,59)/t33-,37-,44+,50-/m0/s1. The molecule has 3 aliphatic heterocycles. The van der Waals surface area contributed by atoms with Crippen molar-refractivity contribution in [2.75, 3.05) is 36.4 Å². The van der Waals surface area contributed by atoms with E-state index in [1.165, 1.54) is 42.9 Å². The minimum absolute atomic E-state index is 0.0306. The lowest BCUT2D eigenvalue weighted by Crippen LogP contribution is -2.54. The molecule has 5 aromatic rings.